The fourth-order valence-electron chi connectivity index (χ4n) is 1.90. The third kappa shape index (κ3) is 7.92. The number of carbonyl (C=O) groups excluding carboxylic acids is 1. The fourth-order valence-corrected chi connectivity index (χ4v) is 1.90. The lowest BCUT2D eigenvalue weighted by Gasteiger charge is -2.05. The van der Waals surface area contributed by atoms with E-state index in [4.69, 9.17) is 9.84 Å². The molecule has 1 aromatic carbocycles. The summed E-state index contributed by atoms with van der Waals surface area (Å²) in [6.07, 6.45) is 8.35. The molecule has 0 atom stereocenters. The van der Waals surface area contributed by atoms with E-state index in [1.54, 1.807) is 24.3 Å². The Morgan fingerprint density at radius 2 is 1.95 bits per heavy atom. The van der Waals surface area contributed by atoms with Crippen molar-refractivity contribution in [2.75, 3.05) is 0 Å². The number of benzene rings is 1. The Hall–Kier alpha value is -2.10. The van der Waals surface area contributed by atoms with E-state index in [9.17, 15) is 9.59 Å². The molecule has 0 fully saturated rings. The van der Waals surface area contributed by atoms with Crippen LogP contribution in [0.25, 0.3) is 6.08 Å². The summed E-state index contributed by atoms with van der Waals surface area (Å²) in [5, 5.41) is 8.58. The number of ether oxygens (including phenoxy) is 1. The molecule has 0 aliphatic heterocycles. The Kier molecular flexibility index (Phi) is 7.87. The maximum Gasteiger partial charge on any atom is 0.328 e. The molecule has 0 spiro atoms. The summed E-state index contributed by atoms with van der Waals surface area (Å²) in [5.41, 5.74) is 0.686. The molecule has 1 N–H and O–H groups in total. The van der Waals surface area contributed by atoms with Crippen molar-refractivity contribution in [2.45, 2.75) is 45.4 Å². The number of carboxylic acid groups (broad SMARTS) is 1. The van der Waals surface area contributed by atoms with E-state index in [2.05, 4.69) is 6.92 Å². The van der Waals surface area contributed by atoms with Crippen molar-refractivity contribution < 1.29 is 19.4 Å². The molecule has 0 bridgehead atoms. The van der Waals surface area contributed by atoms with Crippen LogP contribution in [0.15, 0.2) is 30.3 Å². The summed E-state index contributed by atoms with van der Waals surface area (Å²) in [4.78, 5) is 22.1. The first-order valence-corrected chi connectivity index (χ1v) is 7.33. The Bertz CT molecular complexity index is 491. The maximum absolute atomic E-state index is 11.7. The molecule has 1 aromatic rings. The van der Waals surface area contributed by atoms with Gasteiger partial charge in [-0.05, 0) is 30.2 Å². The first kappa shape index (κ1) is 17.0. The van der Waals surface area contributed by atoms with Gasteiger partial charge in [0, 0.05) is 12.5 Å². The molecule has 1 rings (SSSR count). The number of rotatable bonds is 9. The van der Waals surface area contributed by atoms with Gasteiger partial charge in [-0.1, -0.05) is 44.7 Å². The molecule has 0 radical (unpaired) electrons. The van der Waals surface area contributed by atoms with Crippen molar-refractivity contribution in [3.05, 3.63) is 35.9 Å². The minimum Gasteiger partial charge on any atom is -0.478 e. The highest BCUT2D eigenvalue weighted by molar-refractivity contribution is 5.85. The second-order valence-corrected chi connectivity index (χ2v) is 4.88. The lowest BCUT2D eigenvalue weighted by molar-refractivity contribution is -0.134. The lowest BCUT2D eigenvalue weighted by atomic mass is 10.1. The highest BCUT2D eigenvalue weighted by atomic mass is 16.5. The van der Waals surface area contributed by atoms with E-state index in [1.165, 1.54) is 18.9 Å². The molecule has 4 nitrogen and oxygen atoms in total. The Labute approximate surface area is 125 Å². The maximum atomic E-state index is 11.7. The summed E-state index contributed by atoms with van der Waals surface area (Å²) >= 11 is 0. The van der Waals surface area contributed by atoms with Gasteiger partial charge in [0.15, 0.2) is 0 Å². The van der Waals surface area contributed by atoms with E-state index in [-0.39, 0.29) is 5.97 Å². The minimum absolute atomic E-state index is 0.245. The quantitative estimate of drug-likeness (QED) is 0.322. The van der Waals surface area contributed by atoms with Gasteiger partial charge in [-0.3, -0.25) is 4.79 Å². The zero-order chi connectivity index (χ0) is 15.5. The van der Waals surface area contributed by atoms with Crippen molar-refractivity contribution in [3.63, 3.8) is 0 Å². The average molecular weight is 290 g/mol. The van der Waals surface area contributed by atoms with E-state index in [0.717, 1.165) is 25.3 Å². The predicted molar refractivity (Wildman–Crippen MR) is 82.1 cm³/mol. The molecule has 0 saturated heterocycles. The second-order valence-electron chi connectivity index (χ2n) is 4.88. The standard InChI is InChI=1S/C17H22O4/c1-2-3-4-5-6-10-17(20)21-15-9-7-8-14(13-15)11-12-16(18)19/h7-9,11-13H,2-6,10H2,1H3,(H,18,19). The molecule has 0 aromatic heterocycles. The topological polar surface area (TPSA) is 63.6 Å². The second kappa shape index (κ2) is 9.75. The molecular weight excluding hydrogens is 268 g/mol. The lowest BCUT2D eigenvalue weighted by Crippen LogP contribution is -2.07. The van der Waals surface area contributed by atoms with Crippen LogP contribution in [0, 0.1) is 0 Å². The molecule has 0 unspecified atom stereocenters. The van der Waals surface area contributed by atoms with Crippen molar-refractivity contribution in [3.8, 4) is 5.75 Å². The molecule has 0 aliphatic carbocycles. The van der Waals surface area contributed by atoms with E-state index >= 15 is 0 Å². The normalized spacial score (nSPS) is 10.7. The van der Waals surface area contributed by atoms with E-state index in [0.29, 0.717) is 17.7 Å². The van der Waals surface area contributed by atoms with Crippen molar-refractivity contribution in [1.29, 1.82) is 0 Å². The van der Waals surface area contributed by atoms with Crippen LogP contribution in [-0.4, -0.2) is 17.0 Å². The van der Waals surface area contributed by atoms with Crippen LogP contribution in [-0.2, 0) is 9.59 Å². The number of carboxylic acids is 1. The van der Waals surface area contributed by atoms with Gasteiger partial charge >= 0.3 is 11.9 Å². The van der Waals surface area contributed by atoms with Gasteiger partial charge in [0.25, 0.3) is 0 Å². The predicted octanol–water partition coefficient (Wildman–Crippen LogP) is 4.05. The summed E-state index contributed by atoms with van der Waals surface area (Å²) in [6.45, 7) is 2.15. The van der Waals surface area contributed by atoms with Crippen LogP contribution in [0.1, 0.15) is 51.0 Å². The first-order chi connectivity index (χ1) is 10.1. The molecule has 0 heterocycles. The van der Waals surface area contributed by atoms with Gasteiger partial charge in [-0.2, -0.15) is 0 Å². The molecular formula is C17H22O4. The van der Waals surface area contributed by atoms with E-state index in [1.807, 2.05) is 0 Å². The van der Waals surface area contributed by atoms with Crippen molar-refractivity contribution in [1.82, 2.24) is 0 Å². The van der Waals surface area contributed by atoms with Crippen LogP contribution >= 0.6 is 0 Å². The fraction of sp³-hybridized carbons (Fsp3) is 0.412. The monoisotopic (exact) mass is 290 g/mol. The molecule has 114 valence electrons. The largest absolute Gasteiger partial charge is 0.478 e. The van der Waals surface area contributed by atoms with Gasteiger partial charge in [0.05, 0.1) is 0 Å². The third-order valence-electron chi connectivity index (χ3n) is 2.99. The number of hydrogen-bond acceptors (Lipinski definition) is 3. The first-order valence-electron chi connectivity index (χ1n) is 7.33. The number of aliphatic carboxylic acids is 1. The van der Waals surface area contributed by atoms with Crippen molar-refractivity contribution >= 4 is 18.0 Å². The van der Waals surface area contributed by atoms with Crippen LogP contribution < -0.4 is 4.74 Å². The number of carbonyl (C=O) groups is 2. The van der Waals surface area contributed by atoms with Crippen LogP contribution in [0.5, 0.6) is 5.75 Å². The summed E-state index contributed by atoms with van der Waals surface area (Å²) < 4.78 is 5.25. The van der Waals surface area contributed by atoms with Gasteiger partial charge in [0.2, 0.25) is 0 Å². The Morgan fingerprint density at radius 3 is 2.67 bits per heavy atom. The van der Waals surface area contributed by atoms with Crippen LogP contribution in [0.3, 0.4) is 0 Å². The third-order valence-corrected chi connectivity index (χ3v) is 2.99. The number of hydrogen-bond donors (Lipinski definition) is 1. The molecule has 0 aliphatic rings. The van der Waals surface area contributed by atoms with Crippen molar-refractivity contribution in [2.24, 2.45) is 0 Å². The van der Waals surface area contributed by atoms with Gasteiger partial charge in [0.1, 0.15) is 5.75 Å². The summed E-state index contributed by atoms with van der Waals surface area (Å²) in [7, 11) is 0. The number of unbranched alkanes of at least 4 members (excludes halogenated alkanes) is 4. The smallest absolute Gasteiger partial charge is 0.328 e. The summed E-state index contributed by atoms with van der Waals surface area (Å²) in [5.74, 6) is -0.809. The molecule has 4 heteroatoms. The molecule has 0 amide bonds. The number of esters is 1. The van der Waals surface area contributed by atoms with Crippen LogP contribution in [0.4, 0.5) is 0 Å². The molecule has 0 saturated carbocycles. The minimum atomic E-state index is -1.01. The summed E-state index contributed by atoms with van der Waals surface area (Å²) in [6, 6.07) is 6.81. The van der Waals surface area contributed by atoms with E-state index < -0.39 is 5.97 Å². The SMILES string of the molecule is CCCCCCCC(=O)Oc1cccc(C=CC(=O)O)c1. The van der Waals surface area contributed by atoms with Gasteiger partial charge < -0.3 is 9.84 Å². The zero-order valence-electron chi connectivity index (χ0n) is 12.4. The highest BCUT2D eigenvalue weighted by Crippen LogP contribution is 2.16. The van der Waals surface area contributed by atoms with Crippen LogP contribution in [0.2, 0.25) is 0 Å². The Morgan fingerprint density at radius 1 is 1.19 bits per heavy atom. The average Bonchev–Trinajstić information content (AvgIpc) is 2.45. The van der Waals surface area contributed by atoms with Gasteiger partial charge in [-0.15, -0.1) is 0 Å². The highest BCUT2D eigenvalue weighted by Gasteiger charge is 2.05. The Balaban J connectivity index is 2.41. The zero-order valence-corrected chi connectivity index (χ0v) is 12.4. The van der Waals surface area contributed by atoms with Gasteiger partial charge in [-0.25, -0.2) is 4.79 Å². The molecule has 21 heavy (non-hydrogen) atoms.